The number of nitrogens with zero attached hydrogens (tertiary/aromatic N) is 3. The Bertz CT molecular complexity index is 318. The fourth-order valence-electron chi connectivity index (χ4n) is 4.01. The number of likely N-dealkylation sites (N-methyl/N-ethyl adjacent to an activating group) is 1. The number of likely N-dealkylation sites (tertiary alicyclic amines) is 1. The summed E-state index contributed by atoms with van der Waals surface area (Å²) in [5.41, 5.74) is 0. The van der Waals surface area contributed by atoms with E-state index in [9.17, 15) is 5.26 Å². The van der Waals surface area contributed by atoms with E-state index in [0.717, 1.165) is 25.4 Å². The molecule has 4 atom stereocenters. The van der Waals surface area contributed by atoms with Gasteiger partial charge < -0.3 is 0 Å². The van der Waals surface area contributed by atoms with Gasteiger partial charge in [-0.05, 0) is 44.7 Å². The molecule has 1 aliphatic heterocycles. The monoisotopic (exact) mass is 263 g/mol. The number of nitriles is 1. The van der Waals surface area contributed by atoms with Crippen molar-refractivity contribution in [1.82, 2.24) is 9.80 Å². The van der Waals surface area contributed by atoms with Crippen molar-refractivity contribution < 1.29 is 0 Å². The van der Waals surface area contributed by atoms with E-state index < -0.39 is 0 Å². The molecule has 0 aromatic carbocycles. The van der Waals surface area contributed by atoms with Crippen LogP contribution in [-0.2, 0) is 0 Å². The number of rotatable bonds is 4. The standard InChI is InChI=1S/C16H29N3/c1-4-18(5-2)15-8-9-19(12-15)16-10-13(3)6-7-14(16)11-17/h13-16H,4-10,12H2,1-3H3. The minimum absolute atomic E-state index is 0.270. The molecule has 2 fully saturated rings. The van der Waals surface area contributed by atoms with Gasteiger partial charge in [-0.2, -0.15) is 5.26 Å². The lowest BCUT2D eigenvalue weighted by Gasteiger charge is -2.38. The molecule has 3 nitrogen and oxygen atoms in total. The Morgan fingerprint density at radius 2 is 1.95 bits per heavy atom. The molecule has 3 heteroatoms. The normalized spacial score (nSPS) is 36.6. The molecule has 2 aliphatic rings. The fourth-order valence-corrected chi connectivity index (χ4v) is 4.01. The van der Waals surface area contributed by atoms with E-state index in [4.69, 9.17) is 0 Å². The molecule has 0 bridgehead atoms. The van der Waals surface area contributed by atoms with Gasteiger partial charge in [-0.1, -0.05) is 20.8 Å². The lowest BCUT2D eigenvalue weighted by atomic mass is 9.79. The van der Waals surface area contributed by atoms with Crippen LogP contribution in [0.4, 0.5) is 0 Å². The van der Waals surface area contributed by atoms with Gasteiger partial charge in [0.25, 0.3) is 0 Å². The predicted molar refractivity (Wildman–Crippen MR) is 78.8 cm³/mol. The van der Waals surface area contributed by atoms with Crippen LogP contribution >= 0.6 is 0 Å². The predicted octanol–water partition coefficient (Wildman–Crippen LogP) is 2.73. The second-order valence-corrected chi connectivity index (χ2v) is 6.38. The second kappa shape index (κ2) is 6.72. The van der Waals surface area contributed by atoms with Crippen molar-refractivity contribution in [3.63, 3.8) is 0 Å². The zero-order chi connectivity index (χ0) is 13.8. The molecule has 1 aliphatic carbocycles. The second-order valence-electron chi connectivity index (χ2n) is 6.38. The highest BCUT2D eigenvalue weighted by Crippen LogP contribution is 2.34. The van der Waals surface area contributed by atoms with Gasteiger partial charge in [0.05, 0.1) is 12.0 Å². The molecule has 4 unspecified atom stereocenters. The smallest absolute Gasteiger partial charge is 0.0672 e. The maximum Gasteiger partial charge on any atom is 0.0672 e. The van der Waals surface area contributed by atoms with Crippen LogP contribution in [0, 0.1) is 23.2 Å². The zero-order valence-electron chi connectivity index (χ0n) is 12.8. The SMILES string of the molecule is CCN(CC)C1CCN(C2CC(C)CCC2C#N)C1. The van der Waals surface area contributed by atoms with E-state index in [1.807, 2.05) is 0 Å². The van der Waals surface area contributed by atoms with Gasteiger partial charge in [0.15, 0.2) is 0 Å². The average Bonchev–Trinajstić information content (AvgIpc) is 2.89. The first-order valence-corrected chi connectivity index (χ1v) is 8.07. The van der Waals surface area contributed by atoms with E-state index in [2.05, 4.69) is 36.6 Å². The summed E-state index contributed by atoms with van der Waals surface area (Å²) in [6.07, 6.45) is 4.85. The van der Waals surface area contributed by atoms with Crippen LogP contribution in [0.1, 0.15) is 46.5 Å². The average molecular weight is 263 g/mol. The molecule has 0 N–H and O–H groups in total. The first-order valence-electron chi connectivity index (χ1n) is 8.07. The molecular weight excluding hydrogens is 234 g/mol. The summed E-state index contributed by atoms with van der Waals surface area (Å²) in [6.45, 7) is 11.5. The van der Waals surface area contributed by atoms with Crippen molar-refractivity contribution in [2.45, 2.75) is 58.5 Å². The summed E-state index contributed by atoms with van der Waals surface area (Å²) in [7, 11) is 0. The van der Waals surface area contributed by atoms with Crippen molar-refractivity contribution in [2.24, 2.45) is 11.8 Å². The fraction of sp³-hybridized carbons (Fsp3) is 0.938. The Balaban J connectivity index is 1.97. The van der Waals surface area contributed by atoms with Crippen LogP contribution in [0.5, 0.6) is 0 Å². The van der Waals surface area contributed by atoms with Crippen LogP contribution < -0.4 is 0 Å². The molecule has 0 aromatic heterocycles. The maximum absolute atomic E-state index is 9.39. The molecule has 1 saturated heterocycles. The van der Waals surface area contributed by atoms with E-state index in [1.165, 1.54) is 32.4 Å². The highest BCUT2D eigenvalue weighted by atomic mass is 15.3. The van der Waals surface area contributed by atoms with E-state index in [1.54, 1.807) is 0 Å². The van der Waals surface area contributed by atoms with Crippen molar-refractivity contribution in [1.29, 1.82) is 5.26 Å². The molecule has 1 saturated carbocycles. The molecule has 108 valence electrons. The summed E-state index contributed by atoms with van der Waals surface area (Å²) in [4.78, 5) is 5.19. The number of hydrogen-bond acceptors (Lipinski definition) is 3. The van der Waals surface area contributed by atoms with Crippen LogP contribution in [-0.4, -0.2) is 48.1 Å². The third kappa shape index (κ3) is 3.30. The van der Waals surface area contributed by atoms with Gasteiger partial charge in [-0.3, -0.25) is 9.80 Å². The molecule has 0 amide bonds. The molecule has 0 aromatic rings. The third-order valence-corrected chi connectivity index (χ3v) is 5.24. The minimum Gasteiger partial charge on any atom is -0.300 e. The molecule has 0 spiro atoms. The van der Waals surface area contributed by atoms with Gasteiger partial charge in [-0.15, -0.1) is 0 Å². The first-order chi connectivity index (χ1) is 9.19. The Labute approximate surface area is 118 Å². The quantitative estimate of drug-likeness (QED) is 0.781. The van der Waals surface area contributed by atoms with Crippen LogP contribution in [0.15, 0.2) is 0 Å². The Morgan fingerprint density at radius 3 is 2.58 bits per heavy atom. The van der Waals surface area contributed by atoms with E-state index >= 15 is 0 Å². The molecule has 1 heterocycles. The highest BCUT2D eigenvalue weighted by molar-refractivity contribution is 4.99. The summed E-state index contributed by atoms with van der Waals surface area (Å²) in [5.74, 6) is 1.06. The third-order valence-electron chi connectivity index (χ3n) is 5.24. The van der Waals surface area contributed by atoms with Gasteiger partial charge in [0, 0.05) is 25.2 Å². The summed E-state index contributed by atoms with van der Waals surface area (Å²) >= 11 is 0. The Morgan fingerprint density at radius 1 is 1.21 bits per heavy atom. The van der Waals surface area contributed by atoms with Gasteiger partial charge in [-0.25, -0.2) is 0 Å². The minimum atomic E-state index is 0.270. The molecule has 19 heavy (non-hydrogen) atoms. The zero-order valence-corrected chi connectivity index (χ0v) is 12.8. The summed E-state index contributed by atoms with van der Waals surface area (Å²) in [6, 6.07) is 3.81. The summed E-state index contributed by atoms with van der Waals surface area (Å²) < 4.78 is 0. The number of hydrogen-bond donors (Lipinski definition) is 0. The van der Waals surface area contributed by atoms with E-state index in [-0.39, 0.29) is 5.92 Å². The van der Waals surface area contributed by atoms with Crippen LogP contribution in [0.2, 0.25) is 0 Å². The van der Waals surface area contributed by atoms with Gasteiger partial charge >= 0.3 is 0 Å². The largest absolute Gasteiger partial charge is 0.300 e. The maximum atomic E-state index is 9.39. The summed E-state index contributed by atoms with van der Waals surface area (Å²) in [5, 5.41) is 9.39. The molecule has 2 rings (SSSR count). The topological polar surface area (TPSA) is 30.3 Å². The van der Waals surface area contributed by atoms with E-state index in [0.29, 0.717) is 12.1 Å². The van der Waals surface area contributed by atoms with Crippen molar-refractivity contribution in [3.05, 3.63) is 0 Å². The molecule has 0 radical (unpaired) electrons. The molecular formula is C16H29N3. The van der Waals surface area contributed by atoms with Crippen LogP contribution in [0.25, 0.3) is 0 Å². The Kier molecular flexibility index (Phi) is 5.24. The van der Waals surface area contributed by atoms with Crippen molar-refractivity contribution in [2.75, 3.05) is 26.2 Å². The lowest BCUT2D eigenvalue weighted by molar-refractivity contribution is 0.117. The van der Waals surface area contributed by atoms with Crippen molar-refractivity contribution in [3.8, 4) is 6.07 Å². The van der Waals surface area contributed by atoms with Gasteiger partial charge in [0.1, 0.15) is 0 Å². The lowest BCUT2D eigenvalue weighted by Crippen LogP contribution is -2.44. The highest BCUT2D eigenvalue weighted by Gasteiger charge is 2.37. The van der Waals surface area contributed by atoms with Crippen LogP contribution in [0.3, 0.4) is 0 Å². The Hall–Kier alpha value is -0.590. The first kappa shape index (κ1) is 14.8. The van der Waals surface area contributed by atoms with Gasteiger partial charge in [0.2, 0.25) is 0 Å². The van der Waals surface area contributed by atoms with Crippen molar-refractivity contribution >= 4 is 0 Å².